The fourth-order valence-electron chi connectivity index (χ4n) is 3.67. The number of aryl methyl sites for hydroxylation is 2. The fourth-order valence-corrected chi connectivity index (χ4v) is 3.67. The molecule has 2 aromatic rings. The first kappa shape index (κ1) is 20.0. The number of fused-ring (bicyclic) bond motifs is 1. The number of amides is 2. The molecule has 3 heterocycles. The van der Waals surface area contributed by atoms with Gasteiger partial charge in [0.2, 0.25) is 12.7 Å². The number of nitrogens with zero attached hydrogens (tertiary/aromatic N) is 4. The second-order valence-corrected chi connectivity index (χ2v) is 7.32. The number of rotatable bonds is 5. The fraction of sp³-hybridized carbons (Fsp3) is 0.450. The van der Waals surface area contributed by atoms with Crippen molar-refractivity contribution in [1.82, 2.24) is 19.6 Å². The van der Waals surface area contributed by atoms with Crippen molar-refractivity contribution >= 4 is 17.5 Å². The standard InChI is InChI=1S/C20H25N5O5/c1-13-14(10-23(2)22-13)20(27)25-6-4-24(5-7-25)11-19(26)21-15-8-17-18(30-12-29-17)9-16(15)28-3/h8-10H,4-7,11-12H2,1-3H3,(H,21,26). The number of anilines is 1. The Labute approximate surface area is 174 Å². The molecule has 0 unspecified atom stereocenters. The molecule has 0 bridgehead atoms. The van der Waals surface area contributed by atoms with Crippen LogP contribution in [0.3, 0.4) is 0 Å². The summed E-state index contributed by atoms with van der Waals surface area (Å²) in [4.78, 5) is 29.1. The van der Waals surface area contributed by atoms with E-state index in [1.165, 1.54) is 7.11 Å². The molecule has 30 heavy (non-hydrogen) atoms. The summed E-state index contributed by atoms with van der Waals surface area (Å²) in [5.74, 6) is 1.50. The van der Waals surface area contributed by atoms with E-state index in [-0.39, 0.29) is 25.2 Å². The maximum absolute atomic E-state index is 12.7. The molecular weight excluding hydrogens is 390 g/mol. The van der Waals surface area contributed by atoms with E-state index in [1.54, 1.807) is 35.0 Å². The van der Waals surface area contributed by atoms with Crippen LogP contribution >= 0.6 is 0 Å². The summed E-state index contributed by atoms with van der Waals surface area (Å²) in [5, 5.41) is 7.11. The minimum absolute atomic E-state index is 0.0187. The Morgan fingerprint density at radius 2 is 1.87 bits per heavy atom. The van der Waals surface area contributed by atoms with Gasteiger partial charge in [0.05, 0.1) is 30.6 Å². The van der Waals surface area contributed by atoms with Gasteiger partial charge < -0.3 is 24.4 Å². The number of hydrogen-bond donors (Lipinski definition) is 1. The zero-order chi connectivity index (χ0) is 21.3. The van der Waals surface area contributed by atoms with Crippen LogP contribution in [-0.2, 0) is 11.8 Å². The van der Waals surface area contributed by atoms with Crippen molar-refractivity contribution < 1.29 is 23.8 Å². The Balaban J connectivity index is 1.32. The summed E-state index contributed by atoms with van der Waals surface area (Å²) in [5.41, 5.74) is 1.88. The number of nitrogens with one attached hydrogen (secondary N) is 1. The molecule has 4 rings (SSSR count). The lowest BCUT2D eigenvalue weighted by Gasteiger charge is -2.34. The van der Waals surface area contributed by atoms with Gasteiger partial charge in [-0.1, -0.05) is 0 Å². The van der Waals surface area contributed by atoms with E-state index >= 15 is 0 Å². The van der Waals surface area contributed by atoms with E-state index in [0.717, 1.165) is 5.69 Å². The molecule has 0 saturated carbocycles. The monoisotopic (exact) mass is 415 g/mol. The Morgan fingerprint density at radius 3 is 2.50 bits per heavy atom. The van der Waals surface area contributed by atoms with E-state index in [9.17, 15) is 9.59 Å². The molecule has 10 heteroatoms. The smallest absolute Gasteiger partial charge is 0.257 e. The molecule has 0 radical (unpaired) electrons. The van der Waals surface area contributed by atoms with Crippen LogP contribution in [-0.4, -0.2) is 78.0 Å². The van der Waals surface area contributed by atoms with Gasteiger partial charge in [0.25, 0.3) is 5.91 Å². The molecule has 1 aromatic heterocycles. The quantitative estimate of drug-likeness (QED) is 0.774. The van der Waals surface area contributed by atoms with Gasteiger partial charge in [0.15, 0.2) is 11.5 Å². The summed E-state index contributed by atoms with van der Waals surface area (Å²) in [6, 6.07) is 3.40. The average Bonchev–Trinajstić information content (AvgIpc) is 3.32. The molecule has 1 saturated heterocycles. The van der Waals surface area contributed by atoms with Crippen molar-refractivity contribution in [2.75, 3.05) is 51.9 Å². The van der Waals surface area contributed by atoms with Gasteiger partial charge in [-0.15, -0.1) is 0 Å². The van der Waals surface area contributed by atoms with Crippen molar-refractivity contribution in [1.29, 1.82) is 0 Å². The lowest BCUT2D eigenvalue weighted by Crippen LogP contribution is -2.50. The molecule has 1 N–H and O–H groups in total. The van der Waals surface area contributed by atoms with Crippen molar-refractivity contribution in [2.24, 2.45) is 7.05 Å². The van der Waals surface area contributed by atoms with E-state index in [4.69, 9.17) is 14.2 Å². The van der Waals surface area contributed by atoms with Crippen LogP contribution in [0.15, 0.2) is 18.3 Å². The number of carbonyl (C=O) groups excluding carboxylic acids is 2. The second-order valence-electron chi connectivity index (χ2n) is 7.32. The predicted octanol–water partition coefficient (Wildman–Crippen LogP) is 0.862. The Kier molecular flexibility index (Phi) is 5.49. The van der Waals surface area contributed by atoms with E-state index < -0.39 is 0 Å². The van der Waals surface area contributed by atoms with Crippen molar-refractivity contribution in [3.8, 4) is 17.2 Å². The van der Waals surface area contributed by atoms with E-state index in [1.807, 2.05) is 11.8 Å². The van der Waals surface area contributed by atoms with Gasteiger partial charge in [-0.25, -0.2) is 0 Å². The first-order chi connectivity index (χ1) is 14.4. The van der Waals surface area contributed by atoms with Crippen LogP contribution in [0.2, 0.25) is 0 Å². The molecule has 10 nitrogen and oxygen atoms in total. The van der Waals surface area contributed by atoms with Gasteiger partial charge in [-0.05, 0) is 6.92 Å². The maximum Gasteiger partial charge on any atom is 0.257 e. The molecule has 2 aliphatic heterocycles. The summed E-state index contributed by atoms with van der Waals surface area (Å²) in [6.07, 6.45) is 1.75. The Morgan fingerprint density at radius 1 is 1.17 bits per heavy atom. The van der Waals surface area contributed by atoms with Gasteiger partial charge >= 0.3 is 0 Å². The molecule has 2 aliphatic rings. The minimum atomic E-state index is -0.157. The van der Waals surface area contributed by atoms with Crippen molar-refractivity contribution in [3.05, 3.63) is 29.6 Å². The first-order valence-corrected chi connectivity index (χ1v) is 9.74. The van der Waals surface area contributed by atoms with Crippen LogP contribution in [0.5, 0.6) is 17.2 Å². The van der Waals surface area contributed by atoms with Gasteiger partial charge in [0.1, 0.15) is 5.75 Å². The number of benzene rings is 1. The van der Waals surface area contributed by atoms with Gasteiger partial charge in [-0.3, -0.25) is 19.2 Å². The molecule has 160 valence electrons. The van der Waals surface area contributed by atoms with Crippen LogP contribution in [0.4, 0.5) is 5.69 Å². The number of ether oxygens (including phenoxy) is 3. The van der Waals surface area contributed by atoms with Crippen molar-refractivity contribution in [3.63, 3.8) is 0 Å². The maximum atomic E-state index is 12.7. The highest BCUT2D eigenvalue weighted by molar-refractivity contribution is 5.95. The highest BCUT2D eigenvalue weighted by atomic mass is 16.7. The number of carbonyl (C=O) groups is 2. The molecule has 1 aromatic carbocycles. The third kappa shape index (κ3) is 4.04. The number of methoxy groups -OCH3 is 1. The summed E-state index contributed by atoms with van der Waals surface area (Å²) in [7, 11) is 3.34. The third-order valence-electron chi connectivity index (χ3n) is 5.24. The molecule has 2 amide bonds. The Bertz CT molecular complexity index is 965. The topological polar surface area (TPSA) is 98.2 Å². The van der Waals surface area contributed by atoms with Crippen molar-refractivity contribution in [2.45, 2.75) is 6.92 Å². The SMILES string of the molecule is COc1cc2c(cc1NC(=O)CN1CCN(C(=O)c3cn(C)nc3C)CC1)OCO2. The highest BCUT2D eigenvalue weighted by Crippen LogP contribution is 2.40. The zero-order valence-corrected chi connectivity index (χ0v) is 17.3. The number of hydrogen-bond acceptors (Lipinski definition) is 7. The largest absolute Gasteiger partial charge is 0.494 e. The lowest BCUT2D eigenvalue weighted by atomic mass is 10.2. The first-order valence-electron chi connectivity index (χ1n) is 9.74. The van der Waals surface area contributed by atoms with Gasteiger partial charge in [0, 0.05) is 51.6 Å². The normalized spacial score (nSPS) is 15.9. The highest BCUT2D eigenvalue weighted by Gasteiger charge is 2.26. The summed E-state index contributed by atoms with van der Waals surface area (Å²) in [6.45, 7) is 4.58. The lowest BCUT2D eigenvalue weighted by molar-refractivity contribution is -0.117. The van der Waals surface area contributed by atoms with Gasteiger partial charge in [-0.2, -0.15) is 5.10 Å². The summed E-state index contributed by atoms with van der Waals surface area (Å²) < 4.78 is 17.7. The van der Waals surface area contributed by atoms with E-state index in [0.29, 0.717) is 54.7 Å². The average molecular weight is 415 g/mol. The van der Waals surface area contributed by atoms with Crippen LogP contribution in [0.25, 0.3) is 0 Å². The Hall–Kier alpha value is -3.27. The summed E-state index contributed by atoms with van der Waals surface area (Å²) >= 11 is 0. The van der Waals surface area contributed by atoms with Crippen LogP contribution in [0.1, 0.15) is 16.1 Å². The molecule has 0 spiro atoms. The van der Waals surface area contributed by atoms with Crippen LogP contribution < -0.4 is 19.5 Å². The van der Waals surface area contributed by atoms with E-state index in [2.05, 4.69) is 10.4 Å². The number of aromatic nitrogens is 2. The zero-order valence-electron chi connectivity index (χ0n) is 17.3. The molecule has 0 atom stereocenters. The molecule has 1 fully saturated rings. The third-order valence-corrected chi connectivity index (χ3v) is 5.24. The minimum Gasteiger partial charge on any atom is -0.494 e. The number of piperazine rings is 1. The predicted molar refractivity (Wildman–Crippen MR) is 108 cm³/mol. The van der Waals surface area contributed by atoms with Crippen LogP contribution in [0, 0.1) is 6.92 Å². The molecule has 0 aliphatic carbocycles. The molecular formula is C20H25N5O5. The second kappa shape index (κ2) is 8.23.